The number of hydrogen-bond acceptors (Lipinski definition) is 17. The number of nitrogens with zero attached hydrogens (tertiary/aromatic N) is 11. The molecule has 0 spiro atoms. The summed E-state index contributed by atoms with van der Waals surface area (Å²) in [6, 6.07) is 47.0. The first kappa shape index (κ1) is 59.9. The van der Waals surface area contributed by atoms with Crippen LogP contribution in [0.3, 0.4) is 0 Å². The van der Waals surface area contributed by atoms with E-state index in [2.05, 4.69) is 9.97 Å². The quantitative estimate of drug-likeness (QED) is 0.0680. The molecule has 12 rings (SSSR count). The summed E-state index contributed by atoms with van der Waals surface area (Å²) in [7, 11) is 3.20. The van der Waals surface area contributed by atoms with Crippen molar-refractivity contribution in [2.75, 3.05) is 14.1 Å². The number of ether oxygens (including phenoxy) is 4. The fourth-order valence-corrected chi connectivity index (χ4v) is 9.24. The molecule has 0 saturated carbocycles. The van der Waals surface area contributed by atoms with Crippen molar-refractivity contribution in [3.8, 4) is 34.8 Å². The number of benzene rings is 6. The fraction of sp³-hybridized carbons (Fsp3) is 0.0469. The standard InChI is InChI=1S/C33H24N6O7.C31H20N5O6.Co/c1-37(2)33(40)26-19-28(36-32(26)46-24-14-10-22(11-15-24)39(43)44)30(25-7-3-5-20-6-4-18-34-31(20)25)27-16-17-29(35-27)45-23-12-8-21(9-13-23)38(41)42;1-19-18-27(34-31(19)42-24-13-9-22(10-14-24)36(39)40)29(25-6-2-4-20-5-3-17-32-30(20)25)26-15-16-28(33-26)41-23-11-7-21(8-12-23)35(37)38;/h3-19H,1-2H3,(H,35,36,40);2-18H,1H3;/q;-1;+2/p-1/b;29-26-;. The predicted octanol–water partition coefficient (Wildman–Crippen LogP) is 13.0. The maximum Gasteiger partial charge on any atom is 2.00 e. The van der Waals surface area contributed by atoms with Crippen LogP contribution >= 0.6 is 0 Å². The van der Waals surface area contributed by atoms with Gasteiger partial charge in [0.25, 0.3) is 28.7 Å². The molecule has 0 saturated heterocycles. The largest absolute Gasteiger partial charge is 2.00 e. The van der Waals surface area contributed by atoms with Crippen molar-refractivity contribution in [2.24, 2.45) is 9.98 Å². The number of aliphatic imine (C=N–C) groups is 2. The van der Waals surface area contributed by atoms with E-state index in [-0.39, 0.29) is 68.5 Å². The van der Waals surface area contributed by atoms with Crippen LogP contribution < -0.4 is 28.9 Å². The van der Waals surface area contributed by atoms with Crippen LogP contribution in [0.2, 0.25) is 0 Å². The number of non-ortho nitro benzene ring substituents is 4. The Morgan fingerprint density at radius 2 is 0.955 bits per heavy atom. The van der Waals surface area contributed by atoms with Gasteiger partial charge in [-0.05, 0) is 103 Å². The number of aryl methyl sites for hydroxylation is 1. The molecular weight excluding hydrogens is 1190 g/mol. The molecule has 89 heavy (non-hydrogen) atoms. The number of nitro benzene ring substituents is 4. The van der Waals surface area contributed by atoms with Crippen LogP contribution in [-0.2, 0) is 21.6 Å². The second-order valence-corrected chi connectivity index (χ2v) is 19.5. The van der Waals surface area contributed by atoms with E-state index < -0.39 is 19.7 Å². The van der Waals surface area contributed by atoms with E-state index in [1.807, 2.05) is 73.7 Å². The van der Waals surface area contributed by atoms with E-state index in [0.29, 0.717) is 74.0 Å². The van der Waals surface area contributed by atoms with E-state index >= 15 is 0 Å². The topological polar surface area (TPSA) is 308 Å². The number of fused-ring (bicyclic) bond motifs is 2. The van der Waals surface area contributed by atoms with Crippen molar-refractivity contribution in [3.05, 3.63) is 292 Å². The van der Waals surface area contributed by atoms with Gasteiger partial charge in [-0.15, -0.1) is 11.4 Å². The first-order valence-electron chi connectivity index (χ1n) is 26.5. The van der Waals surface area contributed by atoms with Gasteiger partial charge >= 0.3 is 16.8 Å². The van der Waals surface area contributed by atoms with E-state index in [1.54, 1.807) is 56.8 Å². The van der Waals surface area contributed by atoms with Gasteiger partial charge in [0.05, 0.1) is 42.1 Å². The van der Waals surface area contributed by atoms with Crippen molar-refractivity contribution >= 4 is 73.4 Å². The second kappa shape index (κ2) is 26.0. The molecule has 2 aliphatic rings. The zero-order chi connectivity index (χ0) is 61.6. The summed E-state index contributed by atoms with van der Waals surface area (Å²) >= 11 is 0. The molecule has 441 valence electrons. The molecule has 0 fully saturated rings. The van der Waals surface area contributed by atoms with E-state index in [0.717, 1.165) is 27.4 Å². The zero-order valence-electron chi connectivity index (χ0n) is 46.7. The van der Waals surface area contributed by atoms with Crippen LogP contribution in [0, 0.1) is 47.4 Å². The number of pyridine rings is 2. The predicted molar refractivity (Wildman–Crippen MR) is 324 cm³/mol. The molecule has 0 atom stereocenters. The molecular formula is C64H43CoN11O13. The SMILES string of the molecule is CN(C)C(=O)C1=C/C(=C(/c2ccc(Oc3ccc([N+](=O)[O-])cc3)[n-]2)c2cccc3cccnc23)N=C1Oc1ccc([N+](=O)[O-])cc1.Cc1cc(/C(=C2/C=CC(Oc3ccc([N+](=O)[O-])cc3)=N2)c2cccc3cccnc23)[n-]c1Oc1ccc([N+](=O)[O-])cc1.[Co+2]. The van der Waals surface area contributed by atoms with Crippen molar-refractivity contribution in [3.63, 3.8) is 0 Å². The monoisotopic (exact) mass is 1230 g/mol. The van der Waals surface area contributed by atoms with Crippen molar-refractivity contribution < 1.29 is 60.2 Å². The number of aromatic nitrogens is 4. The van der Waals surface area contributed by atoms with Gasteiger partial charge in [-0.3, -0.25) is 55.2 Å². The van der Waals surface area contributed by atoms with E-state index in [1.165, 1.54) is 102 Å². The molecule has 25 heteroatoms. The van der Waals surface area contributed by atoms with Crippen molar-refractivity contribution in [1.82, 2.24) is 24.8 Å². The molecule has 0 unspecified atom stereocenters. The first-order chi connectivity index (χ1) is 42.5. The number of para-hydroxylation sites is 2. The van der Waals surface area contributed by atoms with Crippen LogP contribution in [0.5, 0.6) is 34.8 Å². The van der Waals surface area contributed by atoms with Gasteiger partial charge in [-0.2, -0.15) is 0 Å². The third-order valence-corrected chi connectivity index (χ3v) is 13.4. The van der Waals surface area contributed by atoms with Crippen LogP contribution in [-0.4, -0.2) is 66.4 Å². The van der Waals surface area contributed by atoms with Crippen molar-refractivity contribution in [2.45, 2.75) is 6.92 Å². The normalized spacial score (nSPS) is 13.4. The number of allylic oxidation sites excluding steroid dienone is 2. The summed E-state index contributed by atoms with van der Waals surface area (Å²) in [4.78, 5) is 85.0. The number of carbonyl (C=O) groups is 1. The smallest absolute Gasteiger partial charge is 0.626 e. The maximum absolute atomic E-state index is 13.3. The third kappa shape index (κ3) is 13.3. The number of amides is 1. The molecule has 10 aromatic rings. The Morgan fingerprint density at radius 1 is 0.494 bits per heavy atom. The Balaban J connectivity index is 0.000000195. The number of carbonyl (C=O) groups excluding carboxylic acids is 1. The van der Waals surface area contributed by atoms with Gasteiger partial charge < -0.3 is 33.8 Å². The molecule has 4 aromatic heterocycles. The fourth-order valence-electron chi connectivity index (χ4n) is 9.24. The summed E-state index contributed by atoms with van der Waals surface area (Å²) in [5.41, 5.74) is 6.77. The minimum absolute atomic E-state index is 0. The molecule has 24 nitrogen and oxygen atoms in total. The van der Waals surface area contributed by atoms with Crippen LogP contribution in [0.15, 0.2) is 233 Å². The number of hydrogen-bond donors (Lipinski definition) is 0. The Bertz CT molecular complexity index is 4620. The van der Waals surface area contributed by atoms with Crippen LogP contribution in [0.1, 0.15) is 28.1 Å². The molecule has 0 aliphatic carbocycles. The van der Waals surface area contributed by atoms with Gasteiger partial charge in [0.1, 0.15) is 28.6 Å². The maximum atomic E-state index is 13.3. The average molecular weight is 1230 g/mol. The molecule has 1 radical (unpaired) electrons. The van der Waals surface area contributed by atoms with Crippen LogP contribution in [0.25, 0.3) is 33.0 Å². The summed E-state index contributed by atoms with van der Waals surface area (Å²) in [5, 5.41) is 46.0. The Morgan fingerprint density at radius 3 is 1.45 bits per heavy atom. The Kier molecular flexibility index (Phi) is 17.5. The minimum atomic E-state index is -0.518. The average Bonchev–Trinajstić information content (AvgIpc) is 1.82. The second-order valence-electron chi connectivity index (χ2n) is 19.5. The summed E-state index contributed by atoms with van der Waals surface area (Å²) in [6.45, 7) is 1.86. The molecule has 6 aromatic carbocycles. The zero-order valence-corrected chi connectivity index (χ0v) is 47.7. The molecule has 6 heterocycles. The molecule has 1 amide bonds. The van der Waals surface area contributed by atoms with E-state index in [9.17, 15) is 45.3 Å². The van der Waals surface area contributed by atoms with Gasteiger partial charge in [0.15, 0.2) is 0 Å². The van der Waals surface area contributed by atoms with Gasteiger partial charge in [0, 0.05) is 115 Å². The molecule has 0 N–H and O–H groups in total. The summed E-state index contributed by atoms with van der Waals surface area (Å²) < 4.78 is 23.8. The number of likely N-dealkylation sites (N-methyl/N-ethyl adjacent to an activating group) is 1. The summed E-state index contributed by atoms with van der Waals surface area (Å²) in [6.07, 6.45) is 8.51. The minimum Gasteiger partial charge on any atom is -0.626 e. The van der Waals surface area contributed by atoms with Gasteiger partial charge in [-0.1, -0.05) is 60.7 Å². The van der Waals surface area contributed by atoms with Gasteiger partial charge in [0.2, 0.25) is 11.8 Å². The molecule has 0 bridgehead atoms. The Labute approximate surface area is 513 Å². The first-order valence-corrected chi connectivity index (χ1v) is 26.5. The van der Waals surface area contributed by atoms with Gasteiger partial charge in [-0.25, -0.2) is 9.98 Å². The van der Waals surface area contributed by atoms with Crippen molar-refractivity contribution in [1.29, 1.82) is 0 Å². The number of nitro groups is 4. The number of rotatable bonds is 15. The van der Waals surface area contributed by atoms with Crippen LogP contribution in [0.4, 0.5) is 22.7 Å². The molecule has 2 aliphatic heterocycles. The third-order valence-electron chi connectivity index (χ3n) is 13.4. The van der Waals surface area contributed by atoms with E-state index in [4.69, 9.17) is 38.9 Å². The Hall–Kier alpha value is -12.2. The summed E-state index contributed by atoms with van der Waals surface area (Å²) in [5.74, 6) is 1.92.